The Morgan fingerprint density at radius 1 is 1.07 bits per heavy atom. The van der Waals surface area contributed by atoms with E-state index >= 15 is 0 Å². The molecule has 4 aromatic rings. The summed E-state index contributed by atoms with van der Waals surface area (Å²) in [7, 11) is 10.7. The van der Waals surface area contributed by atoms with Gasteiger partial charge in [0.2, 0.25) is 0 Å². The highest BCUT2D eigenvalue weighted by Gasteiger charge is 2.37. The molecule has 1 aliphatic rings. The minimum absolute atomic E-state index is 0.0717. The van der Waals surface area contributed by atoms with E-state index in [4.69, 9.17) is 14.8 Å². The SMILES string of the molecule is BC(B)(B)C(B)(B)Nc1cc2c(cn1)c(-c1cnn(C[C@H](O)CO)c1)nn2[C@H]1CC[C@@H](Oc2nccc(C(F)(F)F)c2F)CC1. The fourth-order valence-corrected chi connectivity index (χ4v) is 5.25. The number of hydrogen-bond donors (Lipinski definition) is 3. The quantitative estimate of drug-likeness (QED) is 0.153. The number of nitrogens with zero attached hydrogens (tertiary/aromatic N) is 6. The number of pyridine rings is 2. The van der Waals surface area contributed by atoms with Crippen LogP contribution in [0.2, 0.25) is 5.11 Å². The molecular weight excluding hydrogens is 588 g/mol. The fraction of sp³-hybridized carbons (Fsp3) is 0.462. The van der Waals surface area contributed by atoms with Crippen LogP contribution in [0.3, 0.4) is 0 Å². The Labute approximate surface area is 262 Å². The van der Waals surface area contributed by atoms with Crippen molar-refractivity contribution in [2.24, 2.45) is 0 Å². The monoisotopic (exact) mass is 623 g/mol. The Bertz CT molecular complexity index is 1660. The molecule has 0 aromatic carbocycles. The second kappa shape index (κ2) is 12.4. The molecule has 10 nitrogen and oxygen atoms in total. The lowest BCUT2D eigenvalue weighted by atomic mass is 9.26. The highest BCUT2D eigenvalue weighted by Crippen LogP contribution is 2.38. The molecule has 1 aliphatic carbocycles. The zero-order chi connectivity index (χ0) is 32.7. The van der Waals surface area contributed by atoms with Gasteiger partial charge < -0.3 is 20.3 Å². The van der Waals surface area contributed by atoms with Crippen LogP contribution in [0.15, 0.2) is 36.9 Å². The van der Waals surface area contributed by atoms with Crippen LogP contribution in [0.4, 0.5) is 23.4 Å². The number of halogens is 4. The number of alkyl halides is 3. The molecule has 234 valence electrons. The first kappa shape index (κ1) is 32.9. The van der Waals surface area contributed by atoms with Gasteiger partial charge in [0.15, 0.2) is 5.82 Å². The zero-order valence-corrected chi connectivity index (χ0v) is 25.9. The van der Waals surface area contributed by atoms with Crippen molar-refractivity contribution in [2.75, 3.05) is 11.9 Å². The van der Waals surface area contributed by atoms with Gasteiger partial charge in [-0.25, -0.2) is 14.4 Å². The summed E-state index contributed by atoms with van der Waals surface area (Å²) in [6, 6.07) is 2.49. The van der Waals surface area contributed by atoms with Crippen LogP contribution in [0.5, 0.6) is 5.88 Å². The van der Waals surface area contributed by atoms with Crippen LogP contribution in [-0.4, -0.2) is 103 Å². The molecule has 5 rings (SSSR count). The first-order chi connectivity index (χ1) is 21.1. The van der Waals surface area contributed by atoms with Gasteiger partial charge in [-0.2, -0.15) is 23.4 Å². The maximum Gasteiger partial charge on any atom is 0.419 e. The summed E-state index contributed by atoms with van der Waals surface area (Å²) >= 11 is 0. The number of aliphatic hydroxyl groups is 2. The third-order valence-corrected chi connectivity index (χ3v) is 8.85. The van der Waals surface area contributed by atoms with Gasteiger partial charge in [-0.3, -0.25) is 9.36 Å². The number of fused-ring (bicyclic) bond motifs is 1. The van der Waals surface area contributed by atoms with E-state index in [0.29, 0.717) is 48.8 Å². The van der Waals surface area contributed by atoms with E-state index in [9.17, 15) is 27.8 Å². The van der Waals surface area contributed by atoms with E-state index in [-0.39, 0.29) is 29.6 Å². The maximum atomic E-state index is 14.6. The summed E-state index contributed by atoms with van der Waals surface area (Å²) < 4.78 is 63.2. The van der Waals surface area contributed by atoms with Gasteiger partial charge >= 0.3 is 6.18 Å². The van der Waals surface area contributed by atoms with Crippen molar-refractivity contribution in [1.82, 2.24) is 29.5 Å². The normalized spacial score (nSPS) is 18.6. The van der Waals surface area contributed by atoms with Gasteiger partial charge in [-0.1, -0.05) is 0 Å². The molecule has 0 radical (unpaired) electrons. The molecule has 0 spiro atoms. The molecule has 0 unspecified atom stereocenters. The zero-order valence-electron chi connectivity index (χ0n) is 25.9. The van der Waals surface area contributed by atoms with Crippen LogP contribution in [-0.2, 0) is 12.7 Å². The summed E-state index contributed by atoms with van der Waals surface area (Å²) in [5.74, 6) is -1.47. The predicted octanol–water partition coefficient (Wildman–Crippen LogP) is -0.931. The van der Waals surface area contributed by atoms with Crippen molar-refractivity contribution in [1.29, 1.82) is 0 Å². The smallest absolute Gasteiger partial charge is 0.419 e. The van der Waals surface area contributed by atoms with Crippen LogP contribution in [0.25, 0.3) is 22.2 Å². The molecule has 1 atom stereocenters. The van der Waals surface area contributed by atoms with Gasteiger partial charge in [-0.15, -0.1) is 5.11 Å². The topological polar surface area (TPSA) is 123 Å². The van der Waals surface area contributed by atoms with Crippen LogP contribution in [0, 0.1) is 5.82 Å². The van der Waals surface area contributed by atoms with E-state index in [1.165, 1.54) is 0 Å². The molecule has 0 saturated heterocycles. The Morgan fingerprint density at radius 2 is 1.78 bits per heavy atom. The Balaban J connectivity index is 1.43. The van der Waals surface area contributed by atoms with Gasteiger partial charge in [0.05, 0.1) is 66.1 Å². The molecule has 0 bridgehead atoms. The van der Waals surface area contributed by atoms with Gasteiger partial charge in [0.25, 0.3) is 5.88 Å². The molecule has 0 amide bonds. The summed E-state index contributed by atoms with van der Waals surface area (Å²) in [5, 5.41) is 32.4. The minimum Gasteiger partial charge on any atom is -0.472 e. The number of rotatable bonds is 10. The highest BCUT2D eigenvalue weighted by molar-refractivity contribution is 6.67. The third-order valence-electron chi connectivity index (χ3n) is 8.85. The maximum absolute atomic E-state index is 14.6. The first-order valence-corrected chi connectivity index (χ1v) is 14.9. The van der Waals surface area contributed by atoms with Crippen molar-refractivity contribution in [3.8, 4) is 17.1 Å². The van der Waals surface area contributed by atoms with Crippen LogP contribution >= 0.6 is 0 Å². The Kier molecular flexibility index (Phi) is 9.06. The summed E-state index contributed by atoms with van der Waals surface area (Å²) in [4.78, 5) is 8.42. The predicted molar refractivity (Wildman–Crippen MR) is 175 cm³/mol. The van der Waals surface area contributed by atoms with Gasteiger partial charge in [0.1, 0.15) is 33.3 Å². The third kappa shape index (κ3) is 7.03. The summed E-state index contributed by atoms with van der Waals surface area (Å²) in [6.07, 6.45) is 1.86. The average Bonchev–Trinajstić information content (AvgIpc) is 3.57. The van der Waals surface area contributed by atoms with Crippen LogP contribution < -0.4 is 10.1 Å². The molecule has 4 heterocycles. The Hall–Kier alpha value is -3.46. The van der Waals surface area contributed by atoms with E-state index in [1.54, 1.807) is 23.3 Å². The number of anilines is 1. The molecule has 4 aromatic heterocycles. The lowest BCUT2D eigenvalue weighted by Gasteiger charge is -2.41. The fourth-order valence-electron chi connectivity index (χ4n) is 5.25. The lowest BCUT2D eigenvalue weighted by Crippen LogP contribution is -2.52. The van der Waals surface area contributed by atoms with E-state index in [2.05, 4.69) is 54.6 Å². The van der Waals surface area contributed by atoms with E-state index < -0.39 is 35.6 Å². The minimum atomic E-state index is -4.85. The number of aromatic nitrogens is 6. The number of ether oxygens (including phenoxy) is 1. The molecule has 19 heteroatoms. The summed E-state index contributed by atoms with van der Waals surface area (Å²) in [6.45, 7) is -0.269. The molecule has 0 aliphatic heterocycles. The number of hydrogen-bond acceptors (Lipinski definition) is 8. The van der Waals surface area contributed by atoms with Crippen molar-refractivity contribution in [3.63, 3.8) is 0 Å². The van der Waals surface area contributed by atoms with Gasteiger partial charge in [-0.05, 0) is 37.1 Å². The van der Waals surface area contributed by atoms with Crippen molar-refractivity contribution < 1.29 is 32.5 Å². The second-order valence-corrected chi connectivity index (χ2v) is 13.2. The average molecular weight is 623 g/mol. The van der Waals surface area contributed by atoms with E-state index in [1.807, 2.05) is 10.7 Å². The standard InChI is InChI=1S/C26H34B5F4N7O3/c27-25(28,29)26(30,31)39-20-7-19-17(9-37-20)22(13-8-38-41(10-13)11-15(44)12-43)40-42(19)14-1-3-16(4-2-14)45-23-21(32)18(5-6-36-23)24(33,34)35/h5-10,14-16,43-44H,1-4,11-12,27-31H2,(H,37,39)/t14-,15-,16+/m0/s1. The highest BCUT2D eigenvalue weighted by atomic mass is 19.4. The van der Waals surface area contributed by atoms with Crippen LogP contribution in [0.1, 0.15) is 37.3 Å². The second-order valence-electron chi connectivity index (χ2n) is 13.2. The van der Waals surface area contributed by atoms with Crippen molar-refractivity contribution >= 4 is 56.0 Å². The lowest BCUT2D eigenvalue weighted by molar-refractivity contribution is -0.140. The van der Waals surface area contributed by atoms with Crippen molar-refractivity contribution in [2.45, 2.75) is 67.1 Å². The number of nitrogens with one attached hydrogen (secondary N) is 1. The Morgan fingerprint density at radius 3 is 2.42 bits per heavy atom. The summed E-state index contributed by atoms with van der Waals surface area (Å²) in [5.41, 5.74) is 0.797. The van der Waals surface area contributed by atoms with E-state index in [0.717, 1.165) is 17.1 Å². The van der Waals surface area contributed by atoms with Gasteiger partial charge in [0, 0.05) is 35.6 Å². The molecular formula is C26H34B5F4N7O3. The molecule has 1 saturated carbocycles. The molecule has 1 fully saturated rings. The largest absolute Gasteiger partial charge is 0.472 e. The van der Waals surface area contributed by atoms with Crippen molar-refractivity contribution in [3.05, 3.63) is 48.3 Å². The molecule has 45 heavy (non-hydrogen) atoms. The number of aliphatic hydroxyl groups excluding tert-OH is 2. The molecule has 3 N–H and O–H groups in total. The first-order valence-electron chi connectivity index (χ1n) is 14.9.